The molecule has 98 valence electrons. The number of anilines is 1. The summed E-state index contributed by atoms with van der Waals surface area (Å²) in [5.41, 5.74) is 0.773. The molecule has 0 amide bonds. The summed E-state index contributed by atoms with van der Waals surface area (Å²) in [5, 5.41) is 14.5. The average molecular weight is 298 g/mol. The highest BCUT2D eigenvalue weighted by Gasteiger charge is 2.15. The predicted molar refractivity (Wildman–Crippen MR) is 74.7 cm³/mol. The smallest absolute Gasteiger partial charge is 0.311 e. The van der Waals surface area contributed by atoms with Crippen molar-refractivity contribution in [2.75, 3.05) is 5.32 Å². The van der Waals surface area contributed by atoms with Crippen LogP contribution in [0.15, 0.2) is 36.4 Å². The van der Waals surface area contributed by atoms with Gasteiger partial charge in [0, 0.05) is 17.6 Å². The van der Waals surface area contributed by atoms with Gasteiger partial charge in [-0.3, -0.25) is 10.1 Å². The van der Waals surface area contributed by atoms with E-state index in [0.29, 0.717) is 11.6 Å². The molecule has 1 aromatic heterocycles. The van der Waals surface area contributed by atoms with Crippen LogP contribution in [0, 0.1) is 10.1 Å². The van der Waals surface area contributed by atoms with Gasteiger partial charge in [-0.05, 0) is 23.8 Å². The van der Waals surface area contributed by atoms with E-state index in [9.17, 15) is 10.1 Å². The monoisotopic (exact) mass is 297 g/mol. The average Bonchev–Trinajstić information content (AvgIpc) is 2.36. The van der Waals surface area contributed by atoms with E-state index in [4.69, 9.17) is 23.2 Å². The Hall–Kier alpha value is -1.85. The molecular formula is C12H9Cl2N3O2. The summed E-state index contributed by atoms with van der Waals surface area (Å²) in [5.74, 6) is 0.137. The Morgan fingerprint density at radius 2 is 2.05 bits per heavy atom. The third-order valence-electron chi connectivity index (χ3n) is 2.39. The molecule has 2 aromatic rings. The lowest BCUT2D eigenvalue weighted by Crippen LogP contribution is -2.04. The molecule has 7 heteroatoms. The quantitative estimate of drug-likeness (QED) is 0.528. The fourth-order valence-electron chi connectivity index (χ4n) is 1.54. The lowest BCUT2D eigenvalue weighted by atomic mass is 10.2. The number of nitrogens with one attached hydrogen (secondary N) is 1. The normalized spacial score (nSPS) is 10.2. The third-order valence-corrected chi connectivity index (χ3v) is 2.83. The van der Waals surface area contributed by atoms with E-state index in [-0.39, 0.29) is 16.7 Å². The highest BCUT2D eigenvalue weighted by molar-refractivity contribution is 6.30. The minimum atomic E-state index is -0.510. The standard InChI is InChI=1S/C12H9Cl2N3O2/c13-9-3-1-2-8(6-9)7-15-12-10(17(18)19)4-5-11(14)16-12/h1-6H,7H2,(H,15,16). The van der Waals surface area contributed by atoms with Gasteiger partial charge in [0.2, 0.25) is 5.82 Å². The number of halogens is 2. The topological polar surface area (TPSA) is 68.1 Å². The fourth-order valence-corrected chi connectivity index (χ4v) is 1.90. The van der Waals surface area contributed by atoms with Gasteiger partial charge in [0.1, 0.15) is 5.15 Å². The second kappa shape index (κ2) is 5.86. The number of rotatable bonds is 4. The van der Waals surface area contributed by atoms with Crippen LogP contribution in [-0.2, 0) is 6.54 Å². The molecule has 0 spiro atoms. The Labute approximate surface area is 119 Å². The van der Waals surface area contributed by atoms with Crippen molar-refractivity contribution in [1.29, 1.82) is 0 Å². The second-order valence-corrected chi connectivity index (χ2v) is 4.57. The first-order valence-corrected chi connectivity index (χ1v) is 6.11. The van der Waals surface area contributed by atoms with Crippen molar-refractivity contribution in [2.24, 2.45) is 0 Å². The summed E-state index contributed by atoms with van der Waals surface area (Å²) in [6.07, 6.45) is 0. The number of aromatic nitrogens is 1. The molecule has 2 rings (SSSR count). The first-order valence-electron chi connectivity index (χ1n) is 5.35. The van der Waals surface area contributed by atoms with E-state index in [2.05, 4.69) is 10.3 Å². The molecule has 0 aliphatic rings. The van der Waals surface area contributed by atoms with Crippen LogP contribution in [-0.4, -0.2) is 9.91 Å². The van der Waals surface area contributed by atoms with Crippen LogP contribution in [0.2, 0.25) is 10.2 Å². The number of nitrogens with zero attached hydrogens (tertiary/aromatic N) is 2. The fraction of sp³-hybridized carbons (Fsp3) is 0.0833. The molecule has 0 radical (unpaired) electrons. The highest BCUT2D eigenvalue weighted by Crippen LogP contribution is 2.24. The Balaban J connectivity index is 2.19. The van der Waals surface area contributed by atoms with Crippen molar-refractivity contribution >= 4 is 34.7 Å². The van der Waals surface area contributed by atoms with Gasteiger partial charge < -0.3 is 5.32 Å². The molecule has 0 bridgehead atoms. The molecular weight excluding hydrogens is 289 g/mol. The molecule has 1 aromatic carbocycles. The van der Waals surface area contributed by atoms with E-state index in [1.165, 1.54) is 12.1 Å². The van der Waals surface area contributed by atoms with Gasteiger partial charge in [-0.15, -0.1) is 0 Å². The molecule has 19 heavy (non-hydrogen) atoms. The zero-order chi connectivity index (χ0) is 13.8. The maximum atomic E-state index is 10.9. The first kappa shape index (κ1) is 13.6. The van der Waals surface area contributed by atoms with Gasteiger partial charge in [0.05, 0.1) is 4.92 Å². The Bertz CT molecular complexity index is 620. The Morgan fingerprint density at radius 1 is 1.26 bits per heavy atom. The number of benzene rings is 1. The predicted octanol–water partition coefficient (Wildman–Crippen LogP) is 3.91. The van der Waals surface area contributed by atoms with E-state index < -0.39 is 4.92 Å². The number of nitro groups is 1. The number of hydrogen-bond acceptors (Lipinski definition) is 4. The molecule has 5 nitrogen and oxygen atoms in total. The van der Waals surface area contributed by atoms with Crippen molar-refractivity contribution in [3.63, 3.8) is 0 Å². The van der Waals surface area contributed by atoms with Crippen molar-refractivity contribution in [3.05, 3.63) is 62.3 Å². The van der Waals surface area contributed by atoms with Gasteiger partial charge in [-0.2, -0.15) is 0 Å². The van der Waals surface area contributed by atoms with Crippen LogP contribution >= 0.6 is 23.2 Å². The number of pyridine rings is 1. The lowest BCUT2D eigenvalue weighted by molar-refractivity contribution is -0.384. The molecule has 1 heterocycles. The van der Waals surface area contributed by atoms with E-state index >= 15 is 0 Å². The van der Waals surface area contributed by atoms with Crippen molar-refractivity contribution < 1.29 is 4.92 Å². The molecule has 0 unspecified atom stereocenters. The minimum absolute atomic E-state index is 0.119. The van der Waals surface area contributed by atoms with Gasteiger partial charge in [0.25, 0.3) is 0 Å². The highest BCUT2D eigenvalue weighted by atomic mass is 35.5. The van der Waals surface area contributed by atoms with E-state index in [1.807, 2.05) is 6.07 Å². The minimum Gasteiger partial charge on any atom is -0.360 e. The van der Waals surface area contributed by atoms with Crippen molar-refractivity contribution in [1.82, 2.24) is 4.98 Å². The van der Waals surface area contributed by atoms with Crippen molar-refractivity contribution in [3.8, 4) is 0 Å². The summed E-state index contributed by atoms with van der Waals surface area (Å²) in [4.78, 5) is 14.3. The van der Waals surface area contributed by atoms with Crippen LogP contribution in [0.1, 0.15) is 5.56 Å². The van der Waals surface area contributed by atoms with E-state index in [0.717, 1.165) is 5.56 Å². The van der Waals surface area contributed by atoms with E-state index in [1.54, 1.807) is 18.2 Å². The molecule has 0 saturated carbocycles. The van der Waals surface area contributed by atoms with Gasteiger partial charge >= 0.3 is 5.69 Å². The summed E-state index contributed by atoms with van der Waals surface area (Å²) >= 11 is 11.6. The molecule has 0 fully saturated rings. The number of hydrogen-bond donors (Lipinski definition) is 1. The molecule has 0 atom stereocenters. The maximum Gasteiger partial charge on any atom is 0.311 e. The summed E-state index contributed by atoms with van der Waals surface area (Å²) < 4.78 is 0. The summed E-state index contributed by atoms with van der Waals surface area (Å²) in [6.45, 7) is 0.370. The van der Waals surface area contributed by atoms with Gasteiger partial charge in [-0.1, -0.05) is 35.3 Å². The van der Waals surface area contributed by atoms with Gasteiger partial charge in [-0.25, -0.2) is 4.98 Å². The molecule has 0 saturated heterocycles. The zero-order valence-electron chi connectivity index (χ0n) is 9.64. The molecule has 1 N–H and O–H groups in total. The van der Waals surface area contributed by atoms with Gasteiger partial charge in [0.15, 0.2) is 0 Å². The maximum absolute atomic E-state index is 10.9. The van der Waals surface area contributed by atoms with Crippen LogP contribution in [0.4, 0.5) is 11.5 Å². The first-order chi connectivity index (χ1) is 9.06. The van der Waals surface area contributed by atoms with Crippen LogP contribution < -0.4 is 5.32 Å². The summed E-state index contributed by atoms with van der Waals surface area (Å²) in [6, 6.07) is 9.88. The summed E-state index contributed by atoms with van der Waals surface area (Å²) in [7, 11) is 0. The van der Waals surface area contributed by atoms with Crippen LogP contribution in [0.3, 0.4) is 0 Å². The van der Waals surface area contributed by atoms with Crippen LogP contribution in [0.25, 0.3) is 0 Å². The molecule has 0 aliphatic carbocycles. The largest absolute Gasteiger partial charge is 0.360 e. The van der Waals surface area contributed by atoms with Crippen molar-refractivity contribution in [2.45, 2.75) is 6.54 Å². The molecule has 0 aliphatic heterocycles. The third kappa shape index (κ3) is 3.56. The Morgan fingerprint density at radius 3 is 2.74 bits per heavy atom. The zero-order valence-corrected chi connectivity index (χ0v) is 11.1. The van der Waals surface area contributed by atoms with Crippen LogP contribution in [0.5, 0.6) is 0 Å². The second-order valence-electron chi connectivity index (χ2n) is 3.74. The SMILES string of the molecule is O=[N+]([O-])c1ccc(Cl)nc1NCc1cccc(Cl)c1. The Kier molecular flexibility index (Phi) is 4.19. The lowest BCUT2D eigenvalue weighted by Gasteiger charge is -2.06.